The van der Waals surface area contributed by atoms with Crippen LogP contribution in [0.4, 0.5) is 0 Å². The van der Waals surface area contributed by atoms with E-state index in [4.69, 9.17) is 28.3 Å². The second-order valence-electron chi connectivity index (χ2n) is 3.96. The molecule has 0 aliphatic carbocycles. The van der Waals surface area contributed by atoms with Crippen molar-refractivity contribution in [3.8, 4) is 11.1 Å². The van der Waals surface area contributed by atoms with Crippen molar-refractivity contribution >= 4 is 29.2 Å². The summed E-state index contributed by atoms with van der Waals surface area (Å²) in [6.07, 6.45) is 0. The molecule has 0 fully saturated rings. The normalized spacial score (nSPS) is 10.4. The van der Waals surface area contributed by atoms with Gasteiger partial charge in [0.1, 0.15) is 0 Å². The van der Waals surface area contributed by atoms with Gasteiger partial charge in [-0.05, 0) is 42.3 Å². The molecule has 2 rings (SSSR count). The minimum absolute atomic E-state index is 0.200. The fourth-order valence-electron chi connectivity index (χ4n) is 1.64. The van der Waals surface area contributed by atoms with Crippen LogP contribution in [-0.4, -0.2) is 11.1 Å². The van der Waals surface area contributed by atoms with E-state index in [1.165, 1.54) is 6.07 Å². The molecule has 0 aliphatic heterocycles. The van der Waals surface area contributed by atoms with Gasteiger partial charge in [-0.1, -0.05) is 35.3 Å². The molecule has 0 saturated carbocycles. The summed E-state index contributed by atoms with van der Waals surface area (Å²) in [4.78, 5) is 10.9. The van der Waals surface area contributed by atoms with Gasteiger partial charge in [0.2, 0.25) is 0 Å². The van der Waals surface area contributed by atoms with Gasteiger partial charge in [-0.3, -0.25) is 0 Å². The molecule has 2 aromatic carbocycles. The van der Waals surface area contributed by atoms with Gasteiger partial charge in [-0.2, -0.15) is 0 Å². The van der Waals surface area contributed by atoms with Gasteiger partial charge in [-0.15, -0.1) is 0 Å². The van der Waals surface area contributed by atoms with E-state index in [9.17, 15) is 4.79 Å². The number of hydrogen-bond acceptors (Lipinski definition) is 1. The summed E-state index contributed by atoms with van der Waals surface area (Å²) in [5.74, 6) is -0.980. The van der Waals surface area contributed by atoms with Crippen LogP contribution in [0.3, 0.4) is 0 Å². The van der Waals surface area contributed by atoms with E-state index >= 15 is 0 Å². The lowest BCUT2D eigenvalue weighted by atomic mass is 10.0. The molecule has 0 bridgehead atoms. The van der Waals surface area contributed by atoms with Gasteiger partial charge in [0, 0.05) is 15.6 Å². The molecule has 92 valence electrons. The highest BCUT2D eigenvalue weighted by Gasteiger charge is 2.10. The molecular formula is C14H10Cl2O2. The zero-order chi connectivity index (χ0) is 13.3. The highest BCUT2D eigenvalue weighted by Crippen LogP contribution is 2.31. The Kier molecular flexibility index (Phi) is 3.60. The Morgan fingerprint density at radius 3 is 2.39 bits per heavy atom. The molecule has 0 saturated heterocycles. The zero-order valence-electron chi connectivity index (χ0n) is 9.58. The van der Waals surface area contributed by atoms with Crippen molar-refractivity contribution in [1.29, 1.82) is 0 Å². The quantitative estimate of drug-likeness (QED) is 0.868. The standard InChI is InChI=1S/C14H10Cl2O2/c1-8-2-3-9(7-13(8)16)11-6-10(14(17)18)4-5-12(11)15/h2-7H,1H3,(H,17,18). The maximum Gasteiger partial charge on any atom is 0.335 e. The van der Waals surface area contributed by atoms with Crippen LogP contribution < -0.4 is 0 Å². The Hall–Kier alpha value is -1.51. The van der Waals surface area contributed by atoms with Crippen molar-refractivity contribution < 1.29 is 9.90 Å². The van der Waals surface area contributed by atoms with Crippen molar-refractivity contribution in [2.75, 3.05) is 0 Å². The molecule has 2 nitrogen and oxygen atoms in total. The minimum atomic E-state index is -0.980. The van der Waals surface area contributed by atoms with Gasteiger partial charge >= 0.3 is 5.97 Å². The van der Waals surface area contributed by atoms with E-state index < -0.39 is 5.97 Å². The Labute approximate surface area is 115 Å². The predicted molar refractivity (Wildman–Crippen MR) is 73.6 cm³/mol. The number of aromatic carboxylic acids is 1. The molecule has 0 atom stereocenters. The van der Waals surface area contributed by atoms with Crippen molar-refractivity contribution in [2.45, 2.75) is 6.92 Å². The number of carboxylic acids is 1. The number of aryl methyl sites for hydroxylation is 1. The van der Waals surface area contributed by atoms with Gasteiger partial charge in [0.05, 0.1) is 5.56 Å². The maximum atomic E-state index is 10.9. The molecule has 0 spiro atoms. The summed E-state index contributed by atoms with van der Waals surface area (Å²) in [5, 5.41) is 10.1. The van der Waals surface area contributed by atoms with Crippen LogP contribution in [-0.2, 0) is 0 Å². The fraction of sp³-hybridized carbons (Fsp3) is 0.0714. The Balaban J connectivity index is 2.58. The molecule has 4 heteroatoms. The molecule has 2 aromatic rings. The molecule has 1 N–H and O–H groups in total. The predicted octanol–water partition coefficient (Wildman–Crippen LogP) is 4.67. The first-order valence-electron chi connectivity index (χ1n) is 5.28. The Bertz CT molecular complexity index is 621. The van der Waals surface area contributed by atoms with Crippen LogP contribution in [0.5, 0.6) is 0 Å². The Morgan fingerprint density at radius 1 is 1.06 bits per heavy atom. The van der Waals surface area contributed by atoms with Gasteiger partial charge < -0.3 is 5.11 Å². The maximum absolute atomic E-state index is 10.9. The number of carboxylic acid groups (broad SMARTS) is 1. The molecule has 18 heavy (non-hydrogen) atoms. The smallest absolute Gasteiger partial charge is 0.335 e. The third-order valence-electron chi connectivity index (χ3n) is 2.70. The molecule has 0 unspecified atom stereocenters. The van der Waals surface area contributed by atoms with E-state index in [1.807, 2.05) is 19.1 Å². The molecule has 0 radical (unpaired) electrons. The first-order chi connectivity index (χ1) is 8.49. The van der Waals surface area contributed by atoms with E-state index in [1.54, 1.807) is 18.2 Å². The largest absolute Gasteiger partial charge is 0.478 e. The van der Waals surface area contributed by atoms with Crippen LogP contribution in [0.2, 0.25) is 10.0 Å². The van der Waals surface area contributed by atoms with Crippen LogP contribution in [0, 0.1) is 6.92 Å². The van der Waals surface area contributed by atoms with E-state index in [0.29, 0.717) is 15.6 Å². The van der Waals surface area contributed by atoms with E-state index in [0.717, 1.165) is 11.1 Å². The zero-order valence-corrected chi connectivity index (χ0v) is 11.1. The monoisotopic (exact) mass is 280 g/mol. The van der Waals surface area contributed by atoms with Gasteiger partial charge in [-0.25, -0.2) is 4.79 Å². The number of benzene rings is 2. The first kappa shape index (κ1) is 12.9. The van der Waals surface area contributed by atoms with Crippen molar-refractivity contribution in [3.63, 3.8) is 0 Å². The van der Waals surface area contributed by atoms with Crippen LogP contribution in [0.25, 0.3) is 11.1 Å². The average molecular weight is 281 g/mol. The summed E-state index contributed by atoms with van der Waals surface area (Å²) >= 11 is 12.2. The molecular weight excluding hydrogens is 271 g/mol. The highest BCUT2D eigenvalue weighted by atomic mass is 35.5. The van der Waals surface area contributed by atoms with Crippen molar-refractivity contribution in [2.24, 2.45) is 0 Å². The summed E-state index contributed by atoms with van der Waals surface area (Å²) in [6.45, 7) is 1.90. The number of carbonyl (C=O) groups is 1. The molecule has 0 aromatic heterocycles. The summed E-state index contributed by atoms with van der Waals surface area (Å²) in [5.41, 5.74) is 2.63. The SMILES string of the molecule is Cc1ccc(-c2cc(C(=O)O)ccc2Cl)cc1Cl. The Morgan fingerprint density at radius 2 is 1.78 bits per heavy atom. The lowest BCUT2D eigenvalue weighted by Crippen LogP contribution is -1.96. The lowest BCUT2D eigenvalue weighted by Gasteiger charge is -2.07. The van der Waals surface area contributed by atoms with Gasteiger partial charge in [0.25, 0.3) is 0 Å². The lowest BCUT2D eigenvalue weighted by molar-refractivity contribution is 0.0697. The topological polar surface area (TPSA) is 37.3 Å². The van der Waals surface area contributed by atoms with Crippen molar-refractivity contribution in [1.82, 2.24) is 0 Å². The number of halogens is 2. The summed E-state index contributed by atoms with van der Waals surface area (Å²) in [7, 11) is 0. The third kappa shape index (κ3) is 2.50. The summed E-state index contributed by atoms with van der Waals surface area (Å²) in [6, 6.07) is 10.1. The number of rotatable bonds is 2. The first-order valence-corrected chi connectivity index (χ1v) is 6.04. The van der Waals surface area contributed by atoms with Crippen LogP contribution in [0.15, 0.2) is 36.4 Å². The van der Waals surface area contributed by atoms with Crippen molar-refractivity contribution in [3.05, 3.63) is 57.6 Å². The second-order valence-corrected chi connectivity index (χ2v) is 4.78. The number of hydrogen-bond donors (Lipinski definition) is 1. The average Bonchev–Trinajstić information content (AvgIpc) is 2.33. The second kappa shape index (κ2) is 5.01. The van der Waals surface area contributed by atoms with E-state index in [-0.39, 0.29) is 5.56 Å². The minimum Gasteiger partial charge on any atom is -0.478 e. The highest BCUT2D eigenvalue weighted by molar-refractivity contribution is 6.34. The van der Waals surface area contributed by atoms with Crippen LogP contribution in [0.1, 0.15) is 15.9 Å². The van der Waals surface area contributed by atoms with Gasteiger partial charge in [0.15, 0.2) is 0 Å². The van der Waals surface area contributed by atoms with E-state index in [2.05, 4.69) is 0 Å². The van der Waals surface area contributed by atoms with Crippen LogP contribution >= 0.6 is 23.2 Å². The molecule has 0 aliphatic rings. The molecule has 0 heterocycles. The fourth-order valence-corrected chi connectivity index (χ4v) is 2.05. The third-order valence-corrected chi connectivity index (χ3v) is 3.43. The molecule has 0 amide bonds. The summed E-state index contributed by atoms with van der Waals surface area (Å²) < 4.78 is 0.